The fourth-order valence-corrected chi connectivity index (χ4v) is 8.79. The highest BCUT2D eigenvalue weighted by Crippen LogP contribution is 2.40. The molecule has 3 atom stereocenters. The fraction of sp³-hybridized carbons (Fsp3) is 0.250. The van der Waals surface area contributed by atoms with Gasteiger partial charge in [-0.3, -0.25) is 9.59 Å². The van der Waals surface area contributed by atoms with Crippen molar-refractivity contribution in [1.82, 2.24) is 10.2 Å². The van der Waals surface area contributed by atoms with E-state index in [0.29, 0.717) is 16.5 Å². The number of aryl methyl sites for hydroxylation is 1. The first kappa shape index (κ1) is 33.7. The lowest BCUT2D eigenvalue weighted by molar-refractivity contribution is -0.169. The van der Waals surface area contributed by atoms with Gasteiger partial charge in [-0.05, 0) is 48.2 Å². The minimum absolute atomic E-state index is 0.0433. The van der Waals surface area contributed by atoms with Crippen molar-refractivity contribution in [3.63, 3.8) is 0 Å². The Hall–Kier alpha value is -4.61. The summed E-state index contributed by atoms with van der Waals surface area (Å²) in [5, 5.41) is 1.51. The van der Waals surface area contributed by atoms with Crippen LogP contribution in [-0.4, -0.2) is 55.2 Å². The van der Waals surface area contributed by atoms with E-state index in [1.54, 1.807) is 50.2 Å². The van der Waals surface area contributed by atoms with E-state index in [2.05, 4.69) is 5.32 Å². The molecule has 1 N–H and O–H groups in total. The van der Waals surface area contributed by atoms with Gasteiger partial charge in [0.2, 0.25) is 14.8 Å². The van der Waals surface area contributed by atoms with Gasteiger partial charge in [0, 0.05) is 10.8 Å². The van der Waals surface area contributed by atoms with Crippen LogP contribution in [0.25, 0.3) is 0 Å². The van der Waals surface area contributed by atoms with Crippen molar-refractivity contribution in [1.29, 1.82) is 0 Å². The molecule has 244 valence electrons. The third-order valence-electron chi connectivity index (χ3n) is 7.66. The standard InChI is InChI=1S/C36H36N2O7S2/c1-24(2)32(36(41)45-33(26-13-7-4-8-14-26)27-15-9-5-10-16-27)38-34(40)31(37-30(39)23-44-28-17-11-6-12-18-28)35(38)46-47(42,43)29-21-19-25(3)20-22-29/h4-22,24,31-33,35H,23H2,1-3H3,(H,37,39). The molecular weight excluding hydrogens is 637 g/mol. The van der Waals surface area contributed by atoms with Crippen LogP contribution in [0, 0.1) is 12.8 Å². The predicted octanol–water partition coefficient (Wildman–Crippen LogP) is 5.51. The third kappa shape index (κ3) is 8.04. The molecule has 0 spiro atoms. The summed E-state index contributed by atoms with van der Waals surface area (Å²) in [6.07, 6.45) is -0.768. The SMILES string of the molecule is Cc1ccc(S(=O)(=O)SC2C(NC(=O)COc3ccccc3)C(=O)N2C(C(=O)OC(c2ccccc2)c2ccccc2)C(C)C)cc1. The Kier molecular flexibility index (Phi) is 10.7. The number of amides is 2. The molecule has 5 rings (SSSR count). The zero-order valence-corrected chi connectivity index (χ0v) is 27.8. The molecular formula is C36H36N2O7S2. The summed E-state index contributed by atoms with van der Waals surface area (Å²) in [5.74, 6) is -1.89. The molecule has 1 fully saturated rings. The van der Waals surface area contributed by atoms with Crippen LogP contribution in [0.15, 0.2) is 120 Å². The van der Waals surface area contributed by atoms with Gasteiger partial charge in [0.15, 0.2) is 12.7 Å². The Labute approximate surface area is 278 Å². The lowest BCUT2D eigenvalue weighted by Crippen LogP contribution is -2.74. The molecule has 0 bridgehead atoms. The van der Waals surface area contributed by atoms with Crippen LogP contribution in [0.2, 0.25) is 0 Å². The molecule has 4 aromatic rings. The minimum Gasteiger partial charge on any atom is -0.484 e. The number of nitrogens with zero attached hydrogens (tertiary/aromatic N) is 1. The van der Waals surface area contributed by atoms with E-state index in [1.807, 2.05) is 73.7 Å². The van der Waals surface area contributed by atoms with Crippen LogP contribution in [0.5, 0.6) is 5.75 Å². The number of likely N-dealkylation sites (tertiary alicyclic amines) is 1. The van der Waals surface area contributed by atoms with Gasteiger partial charge in [0.05, 0.1) is 4.90 Å². The first-order valence-corrected chi connectivity index (χ1v) is 18.0. The van der Waals surface area contributed by atoms with Crippen LogP contribution in [-0.2, 0) is 28.0 Å². The number of ether oxygens (including phenoxy) is 2. The Bertz CT molecular complexity index is 1750. The lowest BCUT2D eigenvalue weighted by Gasteiger charge is -2.50. The maximum absolute atomic E-state index is 14.0. The number of hydrogen-bond acceptors (Lipinski definition) is 8. The summed E-state index contributed by atoms with van der Waals surface area (Å²) < 4.78 is 38.9. The minimum atomic E-state index is -4.02. The number of carbonyl (C=O) groups excluding carboxylic acids is 3. The molecule has 1 aliphatic rings. The quantitative estimate of drug-likeness (QED) is 0.112. The van der Waals surface area contributed by atoms with E-state index in [-0.39, 0.29) is 11.5 Å². The van der Waals surface area contributed by atoms with Gasteiger partial charge in [-0.25, -0.2) is 13.2 Å². The molecule has 47 heavy (non-hydrogen) atoms. The summed E-state index contributed by atoms with van der Waals surface area (Å²) in [5.41, 5.74) is 2.36. The summed E-state index contributed by atoms with van der Waals surface area (Å²) in [7, 11) is -3.51. The van der Waals surface area contributed by atoms with Crippen molar-refractivity contribution >= 4 is 37.4 Å². The fourth-order valence-electron chi connectivity index (χ4n) is 5.26. The van der Waals surface area contributed by atoms with E-state index in [4.69, 9.17) is 9.47 Å². The molecule has 2 amide bonds. The van der Waals surface area contributed by atoms with Crippen LogP contribution < -0.4 is 10.1 Å². The number of benzene rings is 4. The van der Waals surface area contributed by atoms with Crippen molar-refractivity contribution < 1.29 is 32.3 Å². The first-order valence-electron chi connectivity index (χ1n) is 15.1. The van der Waals surface area contributed by atoms with E-state index >= 15 is 0 Å². The molecule has 9 nitrogen and oxygen atoms in total. The molecule has 0 saturated carbocycles. The van der Waals surface area contributed by atoms with E-state index in [0.717, 1.165) is 16.7 Å². The summed E-state index contributed by atoms with van der Waals surface area (Å²) in [6, 6.07) is 31.2. The van der Waals surface area contributed by atoms with Crippen molar-refractivity contribution in [3.8, 4) is 5.75 Å². The number of nitrogens with one attached hydrogen (secondary N) is 1. The normalized spacial score (nSPS) is 16.8. The van der Waals surface area contributed by atoms with E-state index < -0.39 is 56.1 Å². The largest absolute Gasteiger partial charge is 0.484 e. The number of carbonyl (C=O) groups is 3. The van der Waals surface area contributed by atoms with E-state index in [9.17, 15) is 22.8 Å². The molecule has 1 aliphatic heterocycles. The molecule has 11 heteroatoms. The smallest absolute Gasteiger partial charge is 0.330 e. The number of para-hydroxylation sites is 1. The number of rotatable bonds is 13. The summed E-state index contributed by atoms with van der Waals surface area (Å²) in [4.78, 5) is 42.0. The zero-order chi connectivity index (χ0) is 33.6. The lowest BCUT2D eigenvalue weighted by atomic mass is 9.95. The van der Waals surface area contributed by atoms with Crippen molar-refractivity contribution in [2.75, 3.05) is 6.61 Å². The maximum atomic E-state index is 14.0. The van der Waals surface area contributed by atoms with Crippen LogP contribution >= 0.6 is 10.8 Å². The van der Waals surface area contributed by atoms with Gasteiger partial charge >= 0.3 is 5.97 Å². The monoisotopic (exact) mass is 672 g/mol. The maximum Gasteiger partial charge on any atom is 0.330 e. The molecule has 4 aromatic carbocycles. The Morgan fingerprint density at radius 3 is 1.89 bits per heavy atom. The molecule has 0 radical (unpaired) electrons. The van der Waals surface area contributed by atoms with Gasteiger partial charge in [0.1, 0.15) is 23.2 Å². The van der Waals surface area contributed by atoms with E-state index in [1.165, 1.54) is 17.0 Å². The van der Waals surface area contributed by atoms with Gasteiger partial charge in [0.25, 0.3) is 5.91 Å². The van der Waals surface area contributed by atoms with Crippen molar-refractivity contribution in [2.24, 2.45) is 5.92 Å². The number of β-lactam (4-membered cyclic amide) rings is 1. The number of hydrogen-bond donors (Lipinski definition) is 1. The first-order chi connectivity index (χ1) is 22.5. The highest BCUT2D eigenvalue weighted by Gasteiger charge is 2.56. The second-order valence-corrected chi connectivity index (χ2v) is 15.4. The molecule has 1 heterocycles. The van der Waals surface area contributed by atoms with Crippen LogP contribution in [0.4, 0.5) is 0 Å². The highest BCUT2D eigenvalue weighted by molar-refractivity contribution is 8.72. The highest BCUT2D eigenvalue weighted by atomic mass is 33.1. The van der Waals surface area contributed by atoms with Crippen LogP contribution in [0.1, 0.15) is 36.6 Å². The second-order valence-electron chi connectivity index (χ2n) is 11.5. The average molecular weight is 673 g/mol. The Balaban J connectivity index is 1.42. The van der Waals surface area contributed by atoms with Crippen molar-refractivity contribution in [2.45, 2.75) is 49.2 Å². The predicted molar refractivity (Wildman–Crippen MR) is 180 cm³/mol. The van der Waals surface area contributed by atoms with Crippen LogP contribution in [0.3, 0.4) is 0 Å². The molecule has 3 unspecified atom stereocenters. The average Bonchev–Trinajstić information content (AvgIpc) is 3.08. The molecule has 1 saturated heterocycles. The summed E-state index contributed by atoms with van der Waals surface area (Å²) >= 11 is 0. The molecule has 0 aromatic heterocycles. The number of esters is 1. The third-order valence-corrected chi connectivity index (χ3v) is 11.4. The zero-order valence-electron chi connectivity index (χ0n) is 26.2. The van der Waals surface area contributed by atoms with Crippen molar-refractivity contribution in [3.05, 3.63) is 132 Å². The summed E-state index contributed by atoms with van der Waals surface area (Å²) in [6.45, 7) is 4.97. The van der Waals surface area contributed by atoms with Gasteiger partial charge < -0.3 is 19.7 Å². The Morgan fingerprint density at radius 2 is 1.36 bits per heavy atom. The second kappa shape index (κ2) is 14.9. The van der Waals surface area contributed by atoms with Gasteiger partial charge in [-0.1, -0.05) is 110 Å². The van der Waals surface area contributed by atoms with Gasteiger partial charge in [-0.2, -0.15) is 0 Å². The topological polar surface area (TPSA) is 119 Å². The van der Waals surface area contributed by atoms with Gasteiger partial charge in [-0.15, -0.1) is 0 Å². The Morgan fingerprint density at radius 1 is 0.830 bits per heavy atom. The molecule has 0 aliphatic carbocycles.